The van der Waals surface area contributed by atoms with Crippen molar-refractivity contribution in [3.63, 3.8) is 0 Å². The summed E-state index contributed by atoms with van der Waals surface area (Å²) in [5.74, 6) is 0.0236. The Morgan fingerprint density at radius 2 is 2.05 bits per heavy atom. The van der Waals surface area contributed by atoms with E-state index in [2.05, 4.69) is 5.32 Å². The van der Waals surface area contributed by atoms with Gasteiger partial charge >= 0.3 is 0 Å². The van der Waals surface area contributed by atoms with Crippen LogP contribution in [0.1, 0.15) is 38.8 Å². The van der Waals surface area contributed by atoms with Gasteiger partial charge in [-0.05, 0) is 46.4 Å². The van der Waals surface area contributed by atoms with Crippen molar-refractivity contribution in [3.8, 4) is 0 Å². The predicted molar refractivity (Wildman–Crippen MR) is 91.2 cm³/mol. The van der Waals surface area contributed by atoms with Crippen molar-refractivity contribution in [2.24, 2.45) is 5.73 Å². The number of hydrogen-bond donors (Lipinski definition) is 2. The topological polar surface area (TPSA) is 58.4 Å². The van der Waals surface area contributed by atoms with Crippen LogP contribution in [0.2, 0.25) is 0 Å². The first-order valence-electron chi connectivity index (χ1n) is 7.01. The number of carbonyl (C=O) groups excluding carboxylic acids is 1. The van der Waals surface area contributed by atoms with E-state index < -0.39 is 0 Å². The van der Waals surface area contributed by atoms with Crippen LogP contribution >= 0.6 is 12.2 Å². The third-order valence-electron chi connectivity index (χ3n) is 3.18. The molecule has 1 atom stereocenters. The summed E-state index contributed by atoms with van der Waals surface area (Å²) < 4.78 is 0. The molecular formula is C16H25N3OS. The van der Waals surface area contributed by atoms with Gasteiger partial charge in [-0.1, -0.05) is 30.4 Å². The molecule has 1 amide bonds. The second-order valence-electron chi connectivity index (χ2n) is 6.39. The molecule has 1 aromatic carbocycles. The fourth-order valence-corrected chi connectivity index (χ4v) is 2.05. The maximum atomic E-state index is 12.2. The number of rotatable bonds is 5. The summed E-state index contributed by atoms with van der Waals surface area (Å²) in [7, 11) is 1.93. The molecular weight excluding hydrogens is 282 g/mol. The highest BCUT2D eigenvalue weighted by Crippen LogP contribution is 2.10. The van der Waals surface area contributed by atoms with Gasteiger partial charge in [-0.3, -0.25) is 9.69 Å². The summed E-state index contributed by atoms with van der Waals surface area (Å²) >= 11 is 4.99. The molecule has 0 aromatic heterocycles. The molecule has 0 aliphatic heterocycles. The van der Waals surface area contributed by atoms with Gasteiger partial charge in [-0.2, -0.15) is 0 Å². The molecule has 5 heteroatoms. The van der Waals surface area contributed by atoms with Crippen molar-refractivity contribution >= 4 is 23.1 Å². The highest BCUT2D eigenvalue weighted by molar-refractivity contribution is 7.80. The number of benzene rings is 1. The summed E-state index contributed by atoms with van der Waals surface area (Å²) in [6, 6.07) is 7.58. The van der Waals surface area contributed by atoms with Crippen molar-refractivity contribution in [3.05, 3.63) is 35.4 Å². The average molecular weight is 307 g/mol. The summed E-state index contributed by atoms with van der Waals surface area (Å²) in [6.45, 7) is 8.49. The molecule has 0 heterocycles. The van der Waals surface area contributed by atoms with E-state index in [1.807, 2.05) is 63.9 Å². The van der Waals surface area contributed by atoms with Crippen LogP contribution in [0.4, 0.5) is 0 Å². The number of amides is 1. The molecule has 0 saturated carbocycles. The standard InChI is InChI=1S/C16H25N3OS/c1-11(15(20)18-16(2,3)4)19(5)10-12-7-6-8-13(9-12)14(17)21/h6-9,11H,10H2,1-5H3,(H2,17,21)(H,18,20). The molecule has 0 spiro atoms. The Labute approximate surface area is 132 Å². The van der Waals surface area contributed by atoms with Gasteiger partial charge in [-0.15, -0.1) is 0 Å². The van der Waals surface area contributed by atoms with Crippen LogP contribution in [0.3, 0.4) is 0 Å². The largest absolute Gasteiger partial charge is 0.389 e. The monoisotopic (exact) mass is 307 g/mol. The quantitative estimate of drug-likeness (QED) is 0.818. The minimum atomic E-state index is -0.224. The maximum absolute atomic E-state index is 12.2. The van der Waals surface area contributed by atoms with Crippen LogP contribution in [0, 0.1) is 0 Å². The molecule has 0 aliphatic rings. The molecule has 1 aromatic rings. The smallest absolute Gasteiger partial charge is 0.237 e. The number of likely N-dealkylation sites (N-methyl/N-ethyl adjacent to an activating group) is 1. The van der Waals surface area contributed by atoms with Crippen molar-refractivity contribution in [1.29, 1.82) is 0 Å². The SMILES string of the molecule is CC(C(=O)NC(C)(C)C)N(C)Cc1cccc(C(N)=S)c1. The van der Waals surface area contributed by atoms with Gasteiger partial charge in [0.2, 0.25) is 5.91 Å². The van der Waals surface area contributed by atoms with Crippen LogP contribution in [0.25, 0.3) is 0 Å². The van der Waals surface area contributed by atoms with E-state index in [4.69, 9.17) is 18.0 Å². The summed E-state index contributed by atoms with van der Waals surface area (Å²) in [6.07, 6.45) is 0. The van der Waals surface area contributed by atoms with Gasteiger partial charge in [0, 0.05) is 17.6 Å². The highest BCUT2D eigenvalue weighted by Gasteiger charge is 2.22. The van der Waals surface area contributed by atoms with Gasteiger partial charge in [-0.25, -0.2) is 0 Å². The molecule has 0 bridgehead atoms. The van der Waals surface area contributed by atoms with E-state index in [0.29, 0.717) is 11.5 Å². The van der Waals surface area contributed by atoms with Gasteiger partial charge < -0.3 is 11.1 Å². The zero-order chi connectivity index (χ0) is 16.2. The van der Waals surface area contributed by atoms with Crippen molar-refractivity contribution in [2.75, 3.05) is 7.05 Å². The molecule has 1 rings (SSSR count). The van der Waals surface area contributed by atoms with Crippen LogP contribution in [0.15, 0.2) is 24.3 Å². The second-order valence-corrected chi connectivity index (χ2v) is 6.83. The third kappa shape index (κ3) is 5.81. The fraction of sp³-hybridized carbons (Fsp3) is 0.500. The van der Waals surface area contributed by atoms with Crippen LogP contribution in [-0.2, 0) is 11.3 Å². The summed E-state index contributed by atoms with van der Waals surface area (Å²) in [5, 5.41) is 2.99. The third-order valence-corrected chi connectivity index (χ3v) is 3.42. The number of nitrogens with one attached hydrogen (secondary N) is 1. The maximum Gasteiger partial charge on any atom is 0.237 e. The molecule has 0 fully saturated rings. The first-order chi connectivity index (χ1) is 9.60. The molecule has 3 N–H and O–H groups in total. The first kappa shape index (κ1) is 17.6. The van der Waals surface area contributed by atoms with E-state index in [-0.39, 0.29) is 17.5 Å². The lowest BCUT2D eigenvalue weighted by Gasteiger charge is -2.28. The molecule has 1 unspecified atom stereocenters. The van der Waals surface area contributed by atoms with Crippen LogP contribution < -0.4 is 11.1 Å². The van der Waals surface area contributed by atoms with Crippen molar-refractivity contribution in [2.45, 2.75) is 45.8 Å². The molecule has 21 heavy (non-hydrogen) atoms. The van der Waals surface area contributed by atoms with E-state index in [1.165, 1.54) is 0 Å². The highest BCUT2D eigenvalue weighted by atomic mass is 32.1. The Morgan fingerprint density at radius 3 is 2.57 bits per heavy atom. The molecule has 4 nitrogen and oxygen atoms in total. The van der Waals surface area contributed by atoms with Crippen LogP contribution in [-0.4, -0.2) is 34.4 Å². The van der Waals surface area contributed by atoms with Crippen LogP contribution in [0.5, 0.6) is 0 Å². The number of nitrogens with two attached hydrogens (primary N) is 1. The zero-order valence-electron chi connectivity index (χ0n) is 13.4. The van der Waals surface area contributed by atoms with E-state index in [1.54, 1.807) is 0 Å². The van der Waals surface area contributed by atoms with Crippen molar-refractivity contribution < 1.29 is 4.79 Å². The Bertz CT molecular complexity index is 522. The molecule has 0 aliphatic carbocycles. The average Bonchev–Trinajstić information content (AvgIpc) is 2.36. The van der Waals surface area contributed by atoms with Crippen molar-refractivity contribution in [1.82, 2.24) is 10.2 Å². The van der Waals surface area contributed by atoms with Gasteiger partial charge in [0.1, 0.15) is 4.99 Å². The summed E-state index contributed by atoms with van der Waals surface area (Å²) in [5.41, 5.74) is 7.35. The normalized spacial score (nSPS) is 13.0. The number of hydrogen-bond acceptors (Lipinski definition) is 3. The Hall–Kier alpha value is -1.46. The number of nitrogens with zero attached hydrogens (tertiary/aromatic N) is 1. The predicted octanol–water partition coefficient (Wildman–Crippen LogP) is 2.06. The Kier molecular flexibility index (Phi) is 5.87. The van der Waals surface area contributed by atoms with Gasteiger partial charge in [0.25, 0.3) is 0 Å². The lowest BCUT2D eigenvalue weighted by molar-refractivity contribution is -0.127. The lowest BCUT2D eigenvalue weighted by Crippen LogP contribution is -2.49. The van der Waals surface area contributed by atoms with E-state index in [0.717, 1.165) is 11.1 Å². The Balaban J connectivity index is 2.72. The second kappa shape index (κ2) is 7.00. The fourth-order valence-electron chi connectivity index (χ4n) is 1.92. The summed E-state index contributed by atoms with van der Waals surface area (Å²) in [4.78, 5) is 14.6. The van der Waals surface area contributed by atoms with E-state index >= 15 is 0 Å². The van der Waals surface area contributed by atoms with E-state index in [9.17, 15) is 4.79 Å². The van der Waals surface area contributed by atoms with Gasteiger partial charge in [0.15, 0.2) is 0 Å². The number of thiocarbonyl (C=S) groups is 1. The van der Waals surface area contributed by atoms with Gasteiger partial charge in [0.05, 0.1) is 6.04 Å². The molecule has 0 radical (unpaired) electrons. The minimum absolute atomic E-state index is 0.0236. The molecule has 0 saturated heterocycles. The lowest BCUT2D eigenvalue weighted by atomic mass is 10.1. The number of carbonyl (C=O) groups is 1. The molecule has 116 valence electrons. The first-order valence-corrected chi connectivity index (χ1v) is 7.42. The Morgan fingerprint density at radius 1 is 1.43 bits per heavy atom. The zero-order valence-corrected chi connectivity index (χ0v) is 14.3. The minimum Gasteiger partial charge on any atom is -0.389 e.